The number of hydrogen-bond acceptors (Lipinski definition) is 7. The number of aromatic nitrogens is 3. The number of aromatic amines is 1. The van der Waals surface area contributed by atoms with Crippen molar-refractivity contribution in [2.24, 2.45) is 29.1 Å². The van der Waals surface area contributed by atoms with Crippen LogP contribution in [0.5, 0.6) is 5.75 Å². The second kappa shape index (κ2) is 17.4. The van der Waals surface area contributed by atoms with E-state index in [2.05, 4.69) is 27.8 Å². The number of para-hydroxylation sites is 2. The van der Waals surface area contributed by atoms with E-state index in [9.17, 15) is 27.0 Å². The fourth-order valence-electron chi connectivity index (χ4n) is 9.11. The number of H-pyrrole nitrogens is 1. The van der Waals surface area contributed by atoms with E-state index in [0.29, 0.717) is 57.8 Å². The molecule has 0 bridgehead atoms. The van der Waals surface area contributed by atoms with Crippen molar-refractivity contribution in [3.63, 3.8) is 0 Å². The molecule has 3 fully saturated rings. The SMILES string of the molecule is C#C[C@]1(OC(C)=O)CC[C@H]2[C@@H]3CCC4=CC(=O)CC[C@@H]4[C@H]3CC[C@@]21C.Cc1c(OCC(F)(F)F)ccnc1CS(=O)c1nc2ccccc2[nH]1.ClC(Cl)Cl. The fraction of sp³-hybridized carbons (Fsp3) is 0.538. The Morgan fingerprint density at radius 2 is 1.83 bits per heavy atom. The molecule has 1 unspecified atom stereocenters. The Balaban J connectivity index is 0.000000189. The highest BCUT2D eigenvalue weighted by molar-refractivity contribution is 7.84. The standard InChI is InChI=1S/C22H28O3.C16H14F3N3O2S.CHCl3/c1-4-22(25-14(2)23)12-10-20-19-7-5-15-13-16(24)6-8-17(15)18(19)9-11-21(20,22)3;1-10-13(20-7-6-14(10)24-9-16(17,18)19)8-25(23)15-21-11-4-2-3-5-12(11)22-15;2-1(3)4/h1,13,17-20H,5-12H2,2-3H3;2-7H,8-9H2,1H3,(H,21,22);1H/t17-,18+,19+,20-,21-,22-;;/m0../s1. The van der Waals surface area contributed by atoms with Crippen molar-refractivity contribution in [1.29, 1.82) is 0 Å². The molecular weight excluding hydrogens is 786 g/mol. The molecule has 3 saturated carbocycles. The van der Waals surface area contributed by atoms with Crippen molar-refractivity contribution in [3.8, 4) is 18.1 Å². The number of allylic oxidation sites excluding steroid dienone is 1. The second-order valence-electron chi connectivity index (χ2n) is 14.4. The van der Waals surface area contributed by atoms with E-state index in [1.54, 1.807) is 13.0 Å². The summed E-state index contributed by atoms with van der Waals surface area (Å²) in [7, 11) is -1.51. The van der Waals surface area contributed by atoms with Gasteiger partial charge in [0.15, 0.2) is 27.4 Å². The molecule has 1 N–H and O–H groups in total. The molecule has 4 aliphatic carbocycles. The zero-order valence-electron chi connectivity index (χ0n) is 30.2. The molecule has 7 atom stereocenters. The zero-order valence-corrected chi connectivity index (χ0v) is 33.3. The maximum Gasteiger partial charge on any atom is 0.422 e. The maximum atomic E-state index is 12.5. The highest BCUT2D eigenvalue weighted by Gasteiger charge is 2.64. The molecular formula is C39H43Cl3F3N3O5S. The Hall–Kier alpha value is -3.11. The molecule has 0 aliphatic heterocycles. The summed E-state index contributed by atoms with van der Waals surface area (Å²) in [6.45, 7) is 3.94. The van der Waals surface area contributed by atoms with Crippen LogP contribution in [0.4, 0.5) is 13.2 Å². The van der Waals surface area contributed by atoms with Gasteiger partial charge in [0.2, 0.25) is 0 Å². The minimum atomic E-state index is -4.42. The van der Waals surface area contributed by atoms with Crippen LogP contribution in [0.3, 0.4) is 0 Å². The van der Waals surface area contributed by atoms with Crippen LogP contribution in [-0.4, -0.2) is 53.6 Å². The number of terminal acetylenes is 1. The lowest BCUT2D eigenvalue weighted by Crippen LogP contribution is -2.53. The number of nitrogens with one attached hydrogen (secondary N) is 1. The number of esters is 1. The number of ketones is 1. The molecule has 0 amide bonds. The van der Waals surface area contributed by atoms with E-state index in [4.69, 9.17) is 50.7 Å². The first-order valence-electron chi connectivity index (χ1n) is 17.8. The molecule has 0 saturated heterocycles. The van der Waals surface area contributed by atoms with Gasteiger partial charge in [-0.1, -0.05) is 65.4 Å². The number of ether oxygens (including phenoxy) is 2. The molecule has 15 heteroatoms. The van der Waals surface area contributed by atoms with Crippen LogP contribution in [0.2, 0.25) is 0 Å². The molecule has 3 aromatic rings. The van der Waals surface area contributed by atoms with E-state index >= 15 is 0 Å². The van der Waals surface area contributed by atoms with Crippen LogP contribution in [0.25, 0.3) is 11.0 Å². The molecule has 2 aromatic heterocycles. The van der Waals surface area contributed by atoms with Gasteiger partial charge in [-0.25, -0.2) is 4.98 Å². The Morgan fingerprint density at radius 3 is 2.50 bits per heavy atom. The number of hydrogen-bond donors (Lipinski definition) is 1. The summed E-state index contributed by atoms with van der Waals surface area (Å²) < 4.78 is 59.3. The summed E-state index contributed by atoms with van der Waals surface area (Å²) in [5.74, 6) is 5.50. The summed E-state index contributed by atoms with van der Waals surface area (Å²) in [4.78, 5) is 34.9. The largest absolute Gasteiger partial charge is 0.484 e. The smallest absolute Gasteiger partial charge is 0.422 e. The Kier molecular flexibility index (Phi) is 13.5. The summed E-state index contributed by atoms with van der Waals surface area (Å²) in [5.41, 5.74) is 2.85. The van der Waals surface area contributed by atoms with Crippen molar-refractivity contribution < 1.29 is 36.4 Å². The van der Waals surface area contributed by atoms with Crippen molar-refractivity contribution in [2.45, 2.75) is 99.1 Å². The first-order chi connectivity index (χ1) is 25.5. The molecule has 292 valence electrons. The zero-order chi connectivity index (χ0) is 39.4. The van der Waals surface area contributed by atoms with Crippen molar-refractivity contribution in [3.05, 3.63) is 59.4 Å². The van der Waals surface area contributed by atoms with E-state index in [1.807, 2.05) is 24.3 Å². The molecule has 7 rings (SSSR count). The minimum Gasteiger partial charge on any atom is -0.484 e. The second-order valence-corrected chi connectivity index (χ2v) is 17.8. The monoisotopic (exact) mass is 827 g/mol. The van der Waals surface area contributed by atoms with Crippen molar-refractivity contribution in [2.75, 3.05) is 6.61 Å². The topological polar surface area (TPSA) is 111 Å². The van der Waals surface area contributed by atoms with Gasteiger partial charge in [0.05, 0.1) is 33.3 Å². The normalized spacial score (nSPS) is 27.8. The molecule has 4 aliphatic rings. The molecule has 0 spiro atoms. The van der Waals surface area contributed by atoms with Crippen LogP contribution in [0.15, 0.2) is 53.3 Å². The third-order valence-electron chi connectivity index (χ3n) is 11.5. The van der Waals surface area contributed by atoms with Crippen molar-refractivity contribution >= 4 is 68.4 Å². The number of pyridine rings is 1. The van der Waals surface area contributed by atoms with Crippen molar-refractivity contribution in [1.82, 2.24) is 15.0 Å². The lowest BCUT2D eigenvalue weighted by molar-refractivity contribution is -0.167. The Labute approximate surface area is 330 Å². The fourth-order valence-corrected chi connectivity index (χ4v) is 10.2. The van der Waals surface area contributed by atoms with Crippen LogP contribution in [0, 0.1) is 48.4 Å². The Morgan fingerprint density at radius 1 is 1.11 bits per heavy atom. The average Bonchev–Trinajstić information content (AvgIpc) is 3.67. The van der Waals surface area contributed by atoms with Gasteiger partial charge in [-0.15, -0.1) is 6.42 Å². The predicted octanol–water partition coefficient (Wildman–Crippen LogP) is 9.56. The average molecular weight is 829 g/mol. The van der Waals surface area contributed by atoms with Crippen LogP contribution in [0.1, 0.15) is 76.5 Å². The van der Waals surface area contributed by atoms with Gasteiger partial charge in [0.25, 0.3) is 0 Å². The Bertz CT molecular complexity index is 1910. The van der Waals surface area contributed by atoms with Crippen LogP contribution >= 0.6 is 34.8 Å². The van der Waals surface area contributed by atoms with E-state index in [1.165, 1.54) is 24.8 Å². The third kappa shape index (κ3) is 9.46. The summed E-state index contributed by atoms with van der Waals surface area (Å²) in [6, 6.07) is 8.62. The molecule has 0 radical (unpaired) electrons. The number of carbonyl (C=O) groups is 2. The van der Waals surface area contributed by atoms with Gasteiger partial charge >= 0.3 is 12.1 Å². The minimum absolute atomic E-state index is 0.0227. The molecule has 1 aromatic carbocycles. The lowest BCUT2D eigenvalue weighted by Gasteiger charge is -2.55. The number of nitrogens with zero attached hydrogens (tertiary/aromatic N) is 2. The third-order valence-corrected chi connectivity index (χ3v) is 12.6. The number of carbonyl (C=O) groups excluding carboxylic acids is 2. The number of fused-ring (bicyclic) bond motifs is 6. The first-order valence-corrected chi connectivity index (χ1v) is 20.4. The number of imidazole rings is 1. The number of benzene rings is 1. The highest BCUT2D eigenvalue weighted by Crippen LogP contribution is 2.65. The van der Waals surface area contributed by atoms with Gasteiger partial charge in [0, 0.05) is 30.5 Å². The highest BCUT2D eigenvalue weighted by atomic mass is 35.6. The number of halogens is 6. The lowest BCUT2D eigenvalue weighted by atomic mass is 9.50. The van der Waals surface area contributed by atoms with Gasteiger partial charge in [-0.3, -0.25) is 18.8 Å². The quantitative estimate of drug-likeness (QED) is 0.150. The molecule has 54 heavy (non-hydrogen) atoms. The number of alkyl halides is 6. The summed E-state index contributed by atoms with van der Waals surface area (Å²) >= 11 is 14.4. The molecule has 8 nitrogen and oxygen atoms in total. The van der Waals surface area contributed by atoms with Gasteiger partial charge in [-0.2, -0.15) is 13.2 Å². The predicted molar refractivity (Wildman–Crippen MR) is 204 cm³/mol. The van der Waals surface area contributed by atoms with Gasteiger partial charge in [-0.05, 0) is 99.8 Å². The molecule has 2 heterocycles. The van der Waals surface area contributed by atoms with Crippen LogP contribution < -0.4 is 4.74 Å². The van der Waals surface area contributed by atoms with E-state index in [-0.39, 0.29) is 22.9 Å². The summed E-state index contributed by atoms with van der Waals surface area (Å²) in [5, 5.41) is 0.295. The van der Waals surface area contributed by atoms with Gasteiger partial charge in [0.1, 0.15) is 5.75 Å². The van der Waals surface area contributed by atoms with E-state index in [0.717, 1.165) is 50.5 Å². The van der Waals surface area contributed by atoms with E-state index < -0.39 is 33.5 Å². The van der Waals surface area contributed by atoms with Crippen LogP contribution in [-0.2, 0) is 30.9 Å². The van der Waals surface area contributed by atoms with Gasteiger partial charge < -0.3 is 14.5 Å². The summed E-state index contributed by atoms with van der Waals surface area (Å²) in [6.07, 6.45) is 12.7. The number of rotatable bonds is 6. The first kappa shape index (κ1) is 42.0. The maximum absolute atomic E-state index is 12.5.